The van der Waals surface area contributed by atoms with Crippen molar-refractivity contribution in [3.05, 3.63) is 22.2 Å². The lowest BCUT2D eigenvalue weighted by molar-refractivity contribution is -0.117. The Bertz CT molecular complexity index is 479. The van der Waals surface area contributed by atoms with E-state index in [4.69, 9.17) is 33.7 Å². The van der Waals surface area contributed by atoms with Crippen LogP contribution in [0.5, 0.6) is 0 Å². The molecule has 0 atom stereocenters. The number of nitrogens with two attached hydrogens (primary N) is 1. The van der Waals surface area contributed by atoms with Crippen molar-refractivity contribution in [2.45, 2.75) is 32.1 Å². The van der Waals surface area contributed by atoms with Crippen molar-refractivity contribution >= 4 is 40.5 Å². The molecule has 116 valence electrons. The fourth-order valence-corrected chi connectivity index (χ4v) is 3.10. The summed E-state index contributed by atoms with van der Waals surface area (Å²) in [6.45, 7) is 1.16. The number of nitrogen functional groups attached to an aromatic ring is 1. The van der Waals surface area contributed by atoms with Crippen LogP contribution in [0.25, 0.3) is 0 Å². The summed E-state index contributed by atoms with van der Waals surface area (Å²) in [6.07, 6.45) is 5.35. The van der Waals surface area contributed by atoms with Crippen molar-refractivity contribution in [3.63, 3.8) is 0 Å². The molecule has 0 spiro atoms. The van der Waals surface area contributed by atoms with Gasteiger partial charge in [-0.15, -0.1) is 0 Å². The molecule has 3 N–H and O–H groups in total. The summed E-state index contributed by atoms with van der Waals surface area (Å²) in [7, 11) is 0. The third kappa shape index (κ3) is 5.06. The van der Waals surface area contributed by atoms with Crippen LogP contribution in [-0.2, 0) is 9.53 Å². The molecule has 1 aliphatic rings. The molecule has 2 rings (SSSR count). The van der Waals surface area contributed by atoms with E-state index in [1.54, 1.807) is 12.1 Å². The van der Waals surface area contributed by atoms with Gasteiger partial charge < -0.3 is 15.8 Å². The van der Waals surface area contributed by atoms with Crippen molar-refractivity contribution < 1.29 is 9.53 Å². The molecule has 0 unspecified atom stereocenters. The Morgan fingerprint density at radius 1 is 1.29 bits per heavy atom. The van der Waals surface area contributed by atoms with Gasteiger partial charge in [-0.1, -0.05) is 36.0 Å². The Morgan fingerprint density at radius 3 is 2.52 bits per heavy atom. The number of carbonyl (C=O) groups excluding carboxylic acids is 1. The molecule has 1 fully saturated rings. The number of benzene rings is 1. The summed E-state index contributed by atoms with van der Waals surface area (Å²) in [5.74, 6) is 0.490. The molecule has 6 heteroatoms. The van der Waals surface area contributed by atoms with Crippen LogP contribution < -0.4 is 11.1 Å². The minimum Gasteiger partial charge on any atom is -0.399 e. The number of anilines is 2. The fourth-order valence-electron chi connectivity index (χ4n) is 2.51. The van der Waals surface area contributed by atoms with E-state index in [-0.39, 0.29) is 12.3 Å². The number of amides is 1. The average Bonchev–Trinajstić information content (AvgIpc) is 2.92. The second kappa shape index (κ2) is 7.87. The summed E-state index contributed by atoms with van der Waals surface area (Å²) >= 11 is 12.0. The molecule has 0 heterocycles. The molecule has 0 bridgehead atoms. The number of nitrogens with one attached hydrogen (secondary N) is 1. The highest BCUT2D eigenvalue weighted by Crippen LogP contribution is 2.32. The molecule has 0 aliphatic heterocycles. The number of halogens is 2. The normalized spacial score (nSPS) is 15.3. The molecule has 1 aromatic rings. The van der Waals surface area contributed by atoms with Gasteiger partial charge in [-0.3, -0.25) is 4.79 Å². The third-order valence-corrected chi connectivity index (χ3v) is 4.23. The number of rotatable bonds is 6. The van der Waals surface area contributed by atoms with Crippen LogP contribution in [0, 0.1) is 5.92 Å². The van der Waals surface area contributed by atoms with Gasteiger partial charge in [0.05, 0.1) is 28.8 Å². The first-order valence-electron chi connectivity index (χ1n) is 7.18. The standard InChI is InChI=1S/C15H20Cl2N2O2/c16-12-7-11(18)8-13(17)15(12)19-14(20)5-6-21-9-10-3-1-2-4-10/h7-8,10H,1-6,9,18H2,(H,19,20). The Hall–Kier alpha value is -0.970. The number of hydrogen-bond donors (Lipinski definition) is 2. The smallest absolute Gasteiger partial charge is 0.226 e. The largest absolute Gasteiger partial charge is 0.399 e. The molecule has 1 aliphatic carbocycles. The van der Waals surface area contributed by atoms with Gasteiger partial charge in [0.1, 0.15) is 0 Å². The van der Waals surface area contributed by atoms with Crippen molar-refractivity contribution in [2.24, 2.45) is 5.92 Å². The van der Waals surface area contributed by atoms with E-state index in [2.05, 4.69) is 5.32 Å². The predicted octanol–water partition coefficient (Wildman–Crippen LogP) is 4.11. The quantitative estimate of drug-likeness (QED) is 0.609. The first kappa shape index (κ1) is 16.4. The summed E-state index contributed by atoms with van der Waals surface area (Å²) in [5, 5.41) is 3.36. The lowest BCUT2D eigenvalue weighted by Gasteiger charge is -2.12. The van der Waals surface area contributed by atoms with Crippen LogP contribution >= 0.6 is 23.2 Å². The lowest BCUT2D eigenvalue weighted by atomic mass is 10.1. The van der Waals surface area contributed by atoms with Gasteiger partial charge in [0.25, 0.3) is 0 Å². The van der Waals surface area contributed by atoms with Crippen LogP contribution in [0.3, 0.4) is 0 Å². The Balaban J connectivity index is 1.74. The van der Waals surface area contributed by atoms with E-state index in [0.717, 1.165) is 6.61 Å². The molecule has 1 aromatic carbocycles. The zero-order valence-electron chi connectivity index (χ0n) is 11.8. The van der Waals surface area contributed by atoms with Crippen molar-refractivity contribution in [3.8, 4) is 0 Å². The minimum absolute atomic E-state index is 0.171. The van der Waals surface area contributed by atoms with E-state index in [0.29, 0.717) is 33.9 Å². The van der Waals surface area contributed by atoms with Crippen molar-refractivity contribution in [1.82, 2.24) is 0 Å². The monoisotopic (exact) mass is 330 g/mol. The SMILES string of the molecule is Nc1cc(Cl)c(NC(=O)CCOCC2CCCC2)c(Cl)c1. The van der Waals surface area contributed by atoms with E-state index in [1.807, 2.05) is 0 Å². The highest BCUT2D eigenvalue weighted by molar-refractivity contribution is 6.40. The van der Waals surface area contributed by atoms with Crippen LogP contribution in [0.2, 0.25) is 10.0 Å². The Labute approximate surface area is 134 Å². The van der Waals surface area contributed by atoms with Crippen LogP contribution in [0.4, 0.5) is 11.4 Å². The molecule has 1 amide bonds. The second-order valence-electron chi connectivity index (χ2n) is 5.38. The van der Waals surface area contributed by atoms with Crippen molar-refractivity contribution in [1.29, 1.82) is 0 Å². The summed E-state index contributed by atoms with van der Waals surface area (Å²) < 4.78 is 5.56. The van der Waals surface area contributed by atoms with Crippen LogP contribution in [0.15, 0.2) is 12.1 Å². The van der Waals surface area contributed by atoms with E-state index >= 15 is 0 Å². The highest BCUT2D eigenvalue weighted by atomic mass is 35.5. The number of ether oxygens (including phenoxy) is 1. The molecule has 1 saturated carbocycles. The van der Waals surface area contributed by atoms with E-state index in [1.165, 1.54) is 25.7 Å². The summed E-state index contributed by atoms with van der Waals surface area (Å²) in [5.41, 5.74) is 6.47. The molecular weight excluding hydrogens is 311 g/mol. The van der Waals surface area contributed by atoms with Gasteiger partial charge in [0.15, 0.2) is 0 Å². The Morgan fingerprint density at radius 2 is 1.90 bits per heavy atom. The molecule has 0 saturated heterocycles. The van der Waals surface area contributed by atoms with Gasteiger partial charge in [-0.25, -0.2) is 0 Å². The van der Waals surface area contributed by atoms with Crippen LogP contribution in [-0.4, -0.2) is 19.1 Å². The maximum absolute atomic E-state index is 11.9. The number of hydrogen-bond acceptors (Lipinski definition) is 3. The maximum atomic E-state index is 11.9. The highest BCUT2D eigenvalue weighted by Gasteiger charge is 2.15. The first-order valence-corrected chi connectivity index (χ1v) is 7.94. The van der Waals surface area contributed by atoms with Crippen LogP contribution in [0.1, 0.15) is 32.1 Å². The first-order chi connectivity index (χ1) is 10.1. The van der Waals surface area contributed by atoms with Gasteiger partial charge in [0, 0.05) is 12.3 Å². The maximum Gasteiger partial charge on any atom is 0.226 e. The van der Waals surface area contributed by atoms with E-state index < -0.39 is 0 Å². The third-order valence-electron chi connectivity index (χ3n) is 3.63. The van der Waals surface area contributed by atoms with Gasteiger partial charge in [-0.05, 0) is 30.9 Å². The summed E-state index contributed by atoms with van der Waals surface area (Å²) in [6, 6.07) is 3.11. The van der Waals surface area contributed by atoms with Gasteiger partial charge >= 0.3 is 0 Å². The molecule has 4 nitrogen and oxygen atoms in total. The Kier molecular flexibility index (Phi) is 6.15. The fraction of sp³-hybridized carbons (Fsp3) is 0.533. The molecular formula is C15H20Cl2N2O2. The van der Waals surface area contributed by atoms with Gasteiger partial charge in [-0.2, -0.15) is 0 Å². The van der Waals surface area contributed by atoms with E-state index in [9.17, 15) is 4.79 Å². The zero-order valence-corrected chi connectivity index (χ0v) is 13.3. The molecule has 0 radical (unpaired) electrons. The predicted molar refractivity (Wildman–Crippen MR) is 86.9 cm³/mol. The topological polar surface area (TPSA) is 64.3 Å². The minimum atomic E-state index is -0.171. The van der Waals surface area contributed by atoms with Crippen molar-refractivity contribution in [2.75, 3.05) is 24.3 Å². The molecule has 0 aromatic heterocycles. The van der Waals surface area contributed by atoms with Gasteiger partial charge in [0.2, 0.25) is 5.91 Å². The number of carbonyl (C=O) groups is 1. The second-order valence-corrected chi connectivity index (χ2v) is 6.20. The zero-order chi connectivity index (χ0) is 15.2. The molecule has 21 heavy (non-hydrogen) atoms. The average molecular weight is 331 g/mol. The lowest BCUT2D eigenvalue weighted by Crippen LogP contribution is -2.16. The summed E-state index contributed by atoms with van der Waals surface area (Å²) in [4.78, 5) is 11.9.